The fourth-order valence-corrected chi connectivity index (χ4v) is 3.84. The summed E-state index contributed by atoms with van der Waals surface area (Å²) in [5, 5.41) is 8.27. The summed E-state index contributed by atoms with van der Waals surface area (Å²) in [6.45, 7) is 5.38. The molecule has 1 heterocycles. The van der Waals surface area contributed by atoms with Crippen LogP contribution in [0.1, 0.15) is 50.6 Å². The van der Waals surface area contributed by atoms with Crippen LogP contribution < -0.4 is 5.32 Å². The van der Waals surface area contributed by atoms with Crippen LogP contribution in [0.3, 0.4) is 0 Å². The summed E-state index contributed by atoms with van der Waals surface area (Å²) in [4.78, 5) is 2.21. The van der Waals surface area contributed by atoms with Crippen molar-refractivity contribution >= 4 is 15.9 Å². The highest BCUT2D eigenvalue weighted by Crippen LogP contribution is 2.36. The summed E-state index contributed by atoms with van der Waals surface area (Å²) < 4.78 is 3.39. The maximum Gasteiger partial charge on any atom is 0.0635 e. The second kappa shape index (κ2) is 8.30. The third-order valence-corrected chi connectivity index (χ3v) is 4.95. The van der Waals surface area contributed by atoms with Gasteiger partial charge in [0, 0.05) is 18.5 Å². The van der Waals surface area contributed by atoms with Gasteiger partial charge in [-0.1, -0.05) is 13.3 Å². The van der Waals surface area contributed by atoms with Gasteiger partial charge in [-0.25, -0.2) is 0 Å². The molecule has 0 saturated heterocycles. The van der Waals surface area contributed by atoms with E-state index in [0.29, 0.717) is 12.0 Å². The van der Waals surface area contributed by atoms with Gasteiger partial charge in [0.2, 0.25) is 0 Å². The van der Waals surface area contributed by atoms with Gasteiger partial charge >= 0.3 is 0 Å². The Morgan fingerprint density at radius 2 is 2.24 bits per heavy atom. The lowest BCUT2D eigenvalue weighted by atomic mass is 9.83. The number of halogens is 1. The van der Waals surface area contributed by atoms with Crippen LogP contribution in [0.4, 0.5) is 0 Å². The van der Waals surface area contributed by atoms with Gasteiger partial charge < -0.3 is 10.2 Å². The van der Waals surface area contributed by atoms with Crippen molar-refractivity contribution in [2.45, 2.75) is 57.5 Å². The monoisotopic (exact) mass is 356 g/mol. The first-order chi connectivity index (χ1) is 10.1. The van der Waals surface area contributed by atoms with E-state index in [4.69, 9.17) is 0 Å². The molecule has 5 heteroatoms. The van der Waals surface area contributed by atoms with Crippen molar-refractivity contribution < 1.29 is 0 Å². The average Bonchev–Trinajstić information content (AvgIpc) is 2.84. The van der Waals surface area contributed by atoms with Gasteiger partial charge in [0.05, 0.1) is 22.9 Å². The smallest absolute Gasteiger partial charge is 0.0635 e. The van der Waals surface area contributed by atoms with Crippen LogP contribution in [0, 0.1) is 0 Å². The van der Waals surface area contributed by atoms with Gasteiger partial charge in [-0.05, 0) is 62.3 Å². The van der Waals surface area contributed by atoms with E-state index >= 15 is 0 Å². The van der Waals surface area contributed by atoms with E-state index in [1.807, 2.05) is 6.20 Å². The van der Waals surface area contributed by atoms with Crippen LogP contribution in [0.5, 0.6) is 0 Å². The zero-order valence-electron chi connectivity index (χ0n) is 13.6. The van der Waals surface area contributed by atoms with E-state index in [2.05, 4.69) is 56.9 Å². The third kappa shape index (κ3) is 4.80. The van der Waals surface area contributed by atoms with Crippen molar-refractivity contribution in [1.29, 1.82) is 0 Å². The van der Waals surface area contributed by atoms with Crippen molar-refractivity contribution in [3.63, 3.8) is 0 Å². The van der Waals surface area contributed by atoms with Crippen molar-refractivity contribution in [3.05, 3.63) is 16.4 Å². The fourth-order valence-electron chi connectivity index (χ4n) is 3.22. The van der Waals surface area contributed by atoms with Crippen molar-refractivity contribution in [3.8, 4) is 0 Å². The number of nitrogens with zero attached hydrogens (tertiary/aromatic N) is 3. The highest BCUT2D eigenvalue weighted by atomic mass is 79.9. The maximum absolute atomic E-state index is 4.57. The van der Waals surface area contributed by atoms with Crippen molar-refractivity contribution in [1.82, 2.24) is 20.0 Å². The van der Waals surface area contributed by atoms with Crippen LogP contribution in [-0.4, -0.2) is 47.9 Å². The summed E-state index contributed by atoms with van der Waals surface area (Å²) >= 11 is 3.71. The van der Waals surface area contributed by atoms with Crippen LogP contribution in [-0.2, 0) is 6.54 Å². The maximum atomic E-state index is 4.57. The molecule has 1 aromatic rings. The summed E-state index contributed by atoms with van der Waals surface area (Å²) in [6.07, 6.45) is 8.35. The summed E-state index contributed by atoms with van der Waals surface area (Å²) in [6, 6.07) is 0.674. The van der Waals surface area contributed by atoms with Crippen molar-refractivity contribution in [2.24, 2.45) is 0 Å². The Hall–Kier alpha value is -0.390. The molecule has 0 bridgehead atoms. The predicted octanol–water partition coefficient (Wildman–Crippen LogP) is 3.23. The van der Waals surface area contributed by atoms with Crippen molar-refractivity contribution in [2.75, 3.05) is 27.2 Å². The van der Waals surface area contributed by atoms with Gasteiger partial charge in [0.25, 0.3) is 0 Å². The molecule has 2 unspecified atom stereocenters. The highest BCUT2D eigenvalue weighted by Gasteiger charge is 2.27. The average molecular weight is 357 g/mol. The van der Waals surface area contributed by atoms with E-state index in [1.54, 1.807) is 0 Å². The molecule has 1 aliphatic carbocycles. The Labute approximate surface area is 137 Å². The SMILES string of the molecule is CCCNC1CCCC(c2c(Br)cnn2CCN(C)C)C1. The molecule has 1 saturated carbocycles. The van der Waals surface area contributed by atoms with Crippen LogP contribution >= 0.6 is 15.9 Å². The third-order valence-electron chi connectivity index (χ3n) is 4.34. The van der Waals surface area contributed by atoms with Gasteiger partial charge in [-0.15, -0.1) is 0 Å². The molecule has 1 N–H and O–H groups in total. The second-order valence-corrected chi connectivity index (χ2v) is 7.27. The molecule has 0 spiro atoms. The van der Waals surface area contributed by atoms with Crippen LogP contribution in [0.2, 0.25) is 0 Å². The second-order valence-electron chi connectivity index (χ2n) is 6.42. The Kier molecular flexibility index (Phi) is 6.71. The molecule has 0 radical (unpaired) electrons. The molecule has 120 valence electrons. The molecular weight excluding hydrogens is 328 g/mol. The summed E-state index contributed by atoms with van der Waals surface area (Å²) in [5.74, 6) is 0.632. The van der Waals surface area contributed by atoms with Crippen LogP contribution in [0.15, 0.2) is 10.7 Å². The lowest BCUT2D eigenvalue weighted by Crippen LogP contribution is -2.34. The number of nitrogens with one attached hydrogen (secondary N) is 1. The summed E-state index contributed by atoms with van der Waals surface area (Å²) in [5.41, 5.74) is 1.40. The number of hydrogen-bond donors (Lipinski definition) is 1. The zero-order chi connectivity index (χ0) is 15.2. The number of likely N-dealkylation sites (N-methyl/N-ethyl adjacent to an activating group) is 1. The number of aromatic nitrogens is 2. The predicted molar refractivity (Wildman–Crippen MR) is 91.8 cm³/mol. The van der Waals surface area contributed by atoms with E-state index in [-0.39, 0.29) is 0 Å². The van der Waals surface area contributed by atoms with E-state index in [0.717, 1.165) is 19.6 Å². The van der Waals surface area contributed by atoms with Crippen LogP contribution in [0.25, 0.3) is 0 Å². The Bertz CT molecular complexity index is 430. The largest absolute Gasteiger partial charge is 0.314 e. The first-order valence-corrected chi connectivity index (χ1v) is 9.00. The van der Waals surface area contributed by atoms with Gasteiger partial charge in [0.15, 0.2) is 0 Å². The molecule has 2 rings (SSSR count). The molecule has 0 aliphatic heterocycles. The first-order valence-electron chi connectivity index (χ1n) is 8.21. The standard InChI is InChI=1S/C16H29BrN4/c1-4-8-18-14-7-5-6-13(11-14)16-15(17)12-19-21(16)10-9-20(2)3/h12-14,18H,4-11H2,1-3H3. The van der Waals surface area contributed by atoms with E-state index in [1.165, 1.54) is 42.3 Å². The molecule has 21 heavy (non-hydrogen) atoms. The van der Waals surface area contributed by atoms with Gasteiger partial charge in [-0.2, -0.15) is 5.10 Å². The zero-order valence-corrected chi connectivity index (χ0v) is 15.2. The van der Waals surface area contributed by atoms with Gasteiger partial charge in [-0.3, -0.25) is 4.68 Å². The molecule has 1 aliphatic rings. The number of rotatable bonds is 7. The lowest BCUT2D eigenvalue weighted by Gasteiger charge is -2.30. The van der Waals surface area contributed by atoms with Gasteiger partial charge in [0.1, 0.15) is 0 Å². The molecule has 1 fully saturated rings. The quantitative estimate of drug-likeness (QED) is 0.813. The summed E-state index contributed by atoms with van der Waals surface area (Å²) in [7, 11) is 4.23. The Balaban J connectivity index is 2.04. The normalized spacial score (nSPS) is 22.9. The Morgan fingerprint density at radius 3 is 2.95 bits per heavy atom. The molecule has 0 amide bonds. The molecular formula is C16H29BrN4. The minimum Gasteiger partial charge on any atom is -0.314 e. The Morgan fingerprint density at radius 1 is 1.43 bits per heavy atom. The molecule has 0 aromatic carbocycles. The van der Waals surface area contributed by atoms with E-state index < -0.39 is 0 Å². The minimum absolute atomic E-state index is 0.632. The number of hydrogen-bond acceptors (Lipinski definition) is 3. The molecule has 1 aromatic heterocycles. The minimum atomic E-state index is 0.632. The first kappa shape index (κ1) is 17.0. The fraction of sp³-hybridized carbons (Fsp3) is 0.812. The molecule has 4 nitrogen and oxygen atoms in total. The van der Waals surface area contributed by atoms with E-state index in [9.17, 15) is 0 Å². The molecule has 2 atom stereocenters. The topological polar surface area (TPSA) is 33.1 Å². The highest BCUT2D eigenvalue weighted by molar-refractivity contribution is 9.10. The lowest BCUT2D eigenvalue weighted by molar-refractivity contribution is 0.319.